The molecule has 3 heterocycles. The number of allylic oxidation sites excluding steroid dienone is 1. The highest BCUT2D eigenvalue weighted by Crippen LogP contribution is 2.34. The number of nitrogens with zero attached hydrogens (tertiary/aromatic N) is 4. The number of aromatic nitrogens is 3. The van der Waals surface area contributed by atoms with E-state index in [9.17, 15) is 9.59 Å². The van der Waals surface area contributed by atoms with Gasteiger partial charge in [0.05, 0.1) is 26.1 Å². The monoisotopic (exact) mass is 903 g/mol. The van der Waals surface area contributed by atoms with Crippen LogP contribution in [0.25, 0.3) is 0 Å². The van der Waals surface area contributed by atoms with Crippen LogP contribution in [0.4, 0.5) is 0 Å². The number of aryl methyl sites for hydroxylation is 2. The van der Waals surface area contributed by atoms with E-state index >= 15 is 0 Å². The summed E-state index contributed by atoms with van der Waals surface area (Å²) in [4.78, 5) is 36.2. The molecule has 0 fully saturated rings. The number of hydrogen-bond acceptors (Lipinski definition) is 8. The fourth-order valence-corrected chi connectivity index (χ4v) is 9.76. The van der Waals surface area contributed by atoms with Crippen molar-refractivity contribution in [2.24, 2.45) is 0 Å². The van der Waals surface area contributed by atoms with Crippen molar-refractivity contribution in [2.75, 3.05) is 26.4 Å². The van der Waals surface area contributed by atoms with Crippen LogP contribution in [-0.2, 0) is 57.9 Å². The number of hydrogen-bond donors (Lipinski definition) is 1. The number of ketones is 2. The molecule has 0 bridgehead atoms. The molecular weight excluding hydrogens is 843 g/mol. The molecule has 5 aromatic carbocycles. The Morgan fingerprint density at radius 1 is 0.574 bits per heavy atom. The molecule has 9 heteroatoms. The molecule has 0 atom stereocenters. The van der Waals surface area contributed by atoms with Gasteiger partial charge in [-0.2, -0.15) is 0 Å². The van der Waals surface area contributed by atoms with E-state index in [1.54, 1.807) is 0 Å². The van der Waals surface area contributed by atoms with Gasteiger partial charge in [0, 0.05) is 79.0 Å². The maximum absolute atomic E-state index is 12.5. The number of imidazole rings is 1. The first-order valence-corrected chi connectivity index (χ1v) is 24.4. The molecule has 2 aromatic heterocycles. The van der Waals surface area contributed by atoms with Gasteiger partial charge < -0.3 is 24.3 Å². The highest BCUT2D eigenvalue weighted by atomic mass is 16.5. The molecule has 3 aliphatic rings. The SMILES string of the molecule is O=C1CCCc2c1ccc(OCCN1CNC=C1Cc1ccccc1)c2CCc1ccccn1.O=C1CCCc2c1ccc(OCCc1cncn1Cc1ccccc1)c2CCc1ccccc1. The minimum atomic E-state index is 0.255. The van der Waals surface area contributed by atoms with Crippen molar-refractivity contribution in [3.8, 4) is 11.5 Å². The third-order valence-electron chi connectivity index (χ3n) is 13.3. The van der Waals surface area contributed by atoms with Gasteiger partial charge in [-0.3, -0.25) is 14.6 Å². The lowest BCUT2D eigenvalue weighted by atomic mass is 9.85. The first-order chi connectivity index (χ1) is 33.6. The standard InChI is InChI=1S/C30H30N2O2.C29H31N3O2/c33-29-13-7-12-26-27(29)16-17-30(28(26)15-14-23-8-3-1-4-9-23)34-19-18-25-20-31-22-32(25)21-24-10-5-2-6-11-24;33-28-11-6-10-25-26(28)14-15-29(27(25)13-12-23-9-4-5-16-31-23)34-18-17-32-21-30-20-24(32)19-22-7-2-1-3-8-22/h1-6,8-11,16-17,20,22H,7,12-15,18-19,21H2;1-5,7-9,14-16,20,30H,6,10-13,17-19,21H2. The van der Waals surface area contributed by atoms with Crippen LogP contribution in [0, 0.1) is 0 Å². The Balaban J connectivity index is 0.000000170. The molecule has 10 rings (SSSR count). The number of benzene rings is 5. The van der Waals surface area contributed by atoms with E-state index in [0.29, 0.717) is 26.1 Å². The van der Waals surface area contributed by atoms with Crippen LogP contribution in [0.15, 0.2) is 164 Å². The average molecular weight is 904 g/mol. The number of rotatable bonds is 18. The van der Waals surface area contributed by atoms with Crippen LogP contribution >= 0.6 is 0 Å². The van der Waals surface area contributed by atoms with Crippen LogP contribution < -0.4 is 14.8 Å². The molecule has 0 amide bonds. The molecule has 1 aliphatic heterocycles. The predicted molar refractivity (Wildman–Crippen MR) is 268 cm³/mol. The van der Waals surface area contributed by atoms with Gasteiger partial charge in [-0.05, 0) is 127 Å². The van der Waals surface area contributed by atoms with Crippen molar-refractivity contribution in [1.29, 1.82) is 0 Å². The van der Waals surface area contributed by atoms with E-state index in [-0.39, 0.29) is 11.6 Å². The van der Waals surface area contributed by atoms with E-state index in [2.05, 4.69) is 110 Å². The van der Waals surface area contributed by atoms with Gasteiger partial charge in [0.15, 0.2) is 11.6 Å². The lowest BCUT2D eigenvalue weighted by Crippen LogP contribution is -2.29. The molecule has 68 heavy (non-hydrogen) atoms. The first kappa shape index (κ1) is 45.9. The van der Waals surface area contributed by atoms with Crippen LogP contribution in [0.5, 0.6) is 11.5 Å². The van der Waals surface area contributed by atoms with Crippen LogP contribution in [-0.4, -0.2) is 57.4 Å². The summed E-state index contributed by atoms with van der Waals surface area (Å²) in [6.07, 6.45) is 17.9. The zero-order chi connectivity index (χ0) is 46.3. The van der Waals surface area contributed by atoms with Crippen molar-refractivity contribution < 1.29 is 19.1 Å². The Morgan fingerprint density at radius 2 is 1.18 bits per heavy atom. The second kappa shape index (κ2) is 23.0. The number of Topliss-reactive ketones (excluding diaryl/α,β-unsaturated/α-hetero) is 2. The quantitative estimate of drug-likeness (QED) is 0.0909. The Morgan fingerprint density at radius 3 is 1.82 bits per heavy atom. The Kier molecular flexibility index (Phi) is 15.5. The summed E-state index contributed by atoms with van der Waals surface area (Å²) in [5.41, 5.74) is 13.9. The van der Waals surface area contributed by atoms with Gasteiger partial charge in [0.25, 0.3) is 0 Å². The third kappa shape index (κ3) is 11.8. The summed E-state index contributed by atoms with van der Waals surface area (Å²) in [5, 5.41) is 3.35. The average Bonchev–Trinajstić information content (AvgIpc) is 4.03. The number of nitrogens with one attached hydrogen (secondary N) is 1. The summed E-state index contributed by atoms with van der Waals surface area (Å²) < 4.78 is 14.9. The molecule has 2 aliphatic carbocycles. The van der Waals surface area contributed by atoms with E-state index in [4.69, 9.17) is 9.47 Å². The Labute approximate surface area is 400 Å². The van der Waals surface area contributed by atoms with Gasteiger partial charge in [0.2, 0.25) is 0 Å². The van der Waals surface area contributed by atoms with E-state index < -0.39 is 0 Å². The van der Waals surface area contributed by atoms with Crippen molar-refractivity contribution in [3.63, 3.8) is 0 Å². The minimum absolute atomic E-state index is 0.255. The topological polar surface area (TPSA) is 98.6 Å². The Bertz CT molecular complexity index is 2790. The molecule has 0 unspecified atom stereocenters. The predicted octanol–water partition coefficient (Wildman–Crippen LogP) is 10.6. The minimum Gasteiger partial charge on any atom is -0.493 e. The van der Waals surface area contributed by atoms with Crippen LogP contribution in [0.3, 0.4) is 0 Å². The first-order valence-electron chi connectivity index (χ1n) is 24.4. The molecule has 0 radical (unpaired) electrons. The smallest absolute Gasteiger partial charge is 0.163 e. The zero-order valence-electron chi connectivity index (χ0n) is 39.0. The lowest BCUT2D eigenvalue weighted by molar-refractivity contribution is 0.0964. The van der Waals surface area contributed by atoms with Crippen molar-refractivity contribution in [1.82, 2.24) is 24.8 Å². The van der Waals surface area contributed by atoms with Gasteiger partial charge in [-0.15, -0.1) is 0 Å². The second-order valence-electron chi connectivity index (χ2n) is 17.9. The molecule has 0 spiro atoms. The summed E-state index contributed by atoms with van der Waals surface area (Å²) in [6, 6.07) is 45.4. The van der Waals surface area contributed by atoms with Crippen molar-refractivity contribution in [3.05, 3.63) is 226 Å². The van der Waals surface area contributed by atoms with Crippen molar-refractivity contribution >= 4 is 11.6 Å². The second-order valence-corrected chi connectivity index (χ2v) is 17.9. The highest BCUT2D eigenvalue weighted by molar-refractivity contribution is 5.99. The fraction of sp³-hybridized carbons (Fsp3) is 0.288. The van der Waals surface area contributed by atoms with E-state index in [1.807, 2.05) is 73.3 Å². The molecule has 0 saturated carbocycles. The number of carbonyl (C=O) groups is 2. The summed E-state index contributed by atoms with van der Waals surface area (Å²) >= 11 is 0. The summed E-state index contributed by atoms with van der Waals surface area (Å²) in [5.74, 6) is 2.34. The molecule has 1 N–H and O–H groups in total. The molecule has 9 nitrogen and oxygen atoms in total. The molecular formula is C59H61N5O4. The number of pyridine rings is 1. The number of carbonyl (C=O) groups excluding carboxylic acids is 2. The Hall–Kier alpha value is -7.26. The van der Waals surface area contributed by atoms with Gasteiger partial charge in [0.1, 0.15) is 18.1 Å². The zero-order valence-corrected chi connectivity index (χ0v) is 39.0. The normalized spacial score (nSPS) is 14.0. The fourth-order valence-electron chi connectivity index (χ4n) is 9.76. The summed E-state index contributed by atoms with van der Waals surface area (Å²) in [7, 11) is 0. The maximum atomic E-state index is 12.5. The third-order valence-corrected chi connectivity index (χ3v) is 13.3. The number of fused-ring (bicyclic) bond motifs is 2. The highest BCUT2D eigenvalue weighted by Gasteiger charge is 2.25. The van der Waals surface area contributed by atoms with Gasteiger partial charge in [-0.1, -0.05) is 97.1 Å². The van der Waals surface area contributed by atoms with Gasteiger partial charge in [-0.25, -0.2) is 4.98 Å². The van der Waals surface area contributed by atoms with Crippen LogP contribution in [0.1, 0.15) is 96.7 Å². The molecule has 7 aromatic rings. The van der Waals surface area contributed by atoms with E-state index in [1.165, 1.54) is 44.6 Å². The largest absolute Gasteiger partial charge is 0.493 e. The van der Waals surface area contributed by atoms with E-state index in [0.717, 1.165) is 118 Å². The molecule has 0 saturated heterocycles. The lowest BCUT2D eigenvalue weighted by Gasteiger charge is -2.24. The van der Waals surface area contributed by atoms with Crippen LogP contribution in [0.2, 0.25) is 0 Å². The summed E-state index contributed by atoms with van der Waals surface area (Å²) in [6.45, 7) is 3.58. The van der Waals surface area contributed by atoms with Crippen molar-refractivity contribution in [2.45, 2.75) is 83.6 Å². The van der Waals surface area contributed by atoms with Gasteiger partial charge >= 0.3 is 0 Å². The number of ether oxygens (including phenoxy) is 2. The maximum Gasteiger partial charge on any atom is 0.163 e. The molecule has 346 valence electrons.